The minimum Gasteiger partial charge on any atom is -0.361 e. The normalized spacial score (nSPS) is 11.6. The fourth-order valence-electron chi connectivity index (χ4n) is 4.64. The number of benzene rings is 3. The first-order chi connectivity index (χ1) is 18.2. The van der Waals surface area contributed by atoms with E-state index in [4.69, 9.17) is 23.2 Å². The monoisotopic (exact) mass is 557 g/mol. The minimum atomic E-state index is -0.503. The fraction of sp³-hybridized carbons (Fsp3) is 0.300. The second-order valence-corrected chi connectivity index (χ2v) is 10.8. The van der Waals surface area contributed by atoms with Crippen LogP contribution in [0.15, 0.2) is 66.9 Å². The standard InChI is InChI=1S/C30H31Cl2F2N3O/c1-20(2)16-36(18-23-14-24(33)8-10-28(23)34)19-30(38)37(17-21-7-9-26(31)27(32)13-21)12-11-22-15-35-29-6-4-3-5-25(22)29/h3-10,13-15,20,35H,11-12,16-19H2,1-2H3. The highest BCUT2D eigenvalue weighted by Gasteiger charge is 2.21. The summed E-state index contributed by atoms with van der Waals surface area (Å²) in [5.41, 5.74) is 3.25. The lowest BCUT2D eigenvalue weighted by atomic mass is 10.1. The van der Waals surface area contributed by atoms with E-state index < -0.39 is 11.6 Å². The molecule has 1 aromatic heterocycles. The van der Waals surface area contributed by atoms with Crippen molar-refractivity contribution in [2.24, 2.45) is 5.92 Å². The molecule has 0 fully saturated rings. The van der Waals surface area contributed by atoms with Crippen molar-refractivity contribution in [3.63, 3.8) is 0 Å². The molecule has 0 aliphatic carbocycles. The number of H-pyrrole nitrogens is 1. The van der Waals surface area contributed by atoms with E-state index in [-0.39, 0.29) is 30.5 Å². The maximum atomic E-state index is 14.4. The molecule has 0 radical (unpaired) electrons. The van der Waals surface area contributed by atoms with Gasteiger partial charge in [0.2, 0.25) is 5.91 Å². The van der Waals surface area contributed by atoms with E-state index in [9.17, 15) is 13.6 Å². The molecule has 4 aromatic rings. The van der Waals surface area contributed by atoms with Crippen LogP contribution in [0.4, 0.5) is 8.78 Å². The van der Waals surface area contributed by atoms with Crippen molar-refractivity contribution in [3.05, 3.63) is 105 Å². The minimum absolute atomic E-state index is 0.0728. The topological polar surface area (TPSA) is 39.3 Å². The number of aromatic nitrogens is 1. The zero-order valence-electron chi connectivity index (χ0n) is 21.5. The van der Waals surface area contributed by atoms with Crippen molar-refractivity contribution in [1.29, 1.82) is 0 Å². The molecule has 0 saturated heterocycles. The Morgan fingerprint density at radius 1 is 0.947 bits per heavy atom. The van der Waals surface area contributed by atoms with Gasteiger partial charge in [0.15, 0.2) is 0 Å². The maximum absolute atomic E-state index is 14.4. The summed E-state index contributed by atoms with van der Waals surface area (Å²) >= 11 is 12.3. The van der Waals surface area contributed by atoms with Crippen molar-refractivity contribution in [2.75, 3.05) is 19.6 Å². The lowest BCUT2D eigenvalue weighted by molar-refractivity contribution is -0.133. The Bertz CT molecular complexity index is 1410. The predicted molar refractivity (Wildman–Crippen MR) is 150 cm³/mol. The number of nitrogens with one attached hydrogen (secondary N) is 1. The second-order valence-electron chi connectivity index (χ2n) is 9.97. The molecule has 0 unspecified atom stereocenters. The molecule has 4 rings (SSSR count). The Kier molecular flexibility index (Phi) is 9.42. The van der Waals surface area contributed by atoms with Crippen molar-refractivity contribution < 1.29 is 13.6 Å². The number of halogens is 4. The highest BCUT2D eigenvalue weighted by Crippen LogP contribution is 2.24. The molecule has 38 heavy (non-hydrogen) atoms. The largest absolute Gasteiger partial charge is 0.361 e. The molecule has 0 bridgehead atoms. The third-order valence-electron chi connectivity index (χ3n) is 6.42. The molecule has 0 aliphatic rings. The van der Waals surface area contributed by atoms with Gasteiger partial charge in [0.1, 0.15) is 11.6 Å². The number of fused-ring (bicyclic) bond motifs is 1. The molecule has 200 valence electrons. The Balaban J connectivity index is 1.55. The van der Waals surface area contributed by atoms with Gasteiger partial charge in [-0.05, 0) is 59.9 Å². The van der Waals surface area contributed by atoms with E-state index in [1.54, 1.807) is 17.0 Å². The van der Waals surface area contributed by atoms with Gasteiger partial charge in [-0.15, -0.1) is 0 Å². The molecule has 0 saturated carbocycles. The lowest BCUT2D eigenvalue weighted by Gasteiger charge is -2.29. The molecule has 1 N–H and O–H groups in total. The molecule has 0 aliphatic heterocycles. The first kappa shape index (κ1) is 28.1. The number of aromatic amines is 1. The number of amides is 1. The number of carbonyl (C=O) groups is 1. The molecular formula is C30H31Cl2F2N3O. The van der Waals surface area contributed by atoms with Gasteiger partial charge in [-0.25, -0.2) is 8.78 Å². The van der Waals surface area contributed by atoms with Crippen molar-refractivity contribution in [2.45, 2.75) is 33.4 Å². The highest BCUT2D eigenvalue weighted by atomic mass is 35.5. The van der Waals surface area contributed by atoms with Crippen LogP contribution in [0.5, 0.6) is 0 Å². The van der Waals surface area contributed by atoms with Gasteiger partial charge in [0.05, 0.1) is 16.6 Å². The van der Waals surface area contributed by atoms with Crippen LogP contribution >= 0.6 is 23.2 Å². The van der Waals surface area contributed by atoms with E-state index in [1.165, 1.54) is 6.07 Å². The molecule has 1 heterocycles. The van der Waals surface area contributed by atoms with E-state index in [1.807, 2.05) is 49.2 Å². The number of hydrogen-bond donors (Lipinski definition) is 1. The SMILES string of the molecule is CC(C)CN(CC(=O)N(CCc1c[nH]c2ccccc12)Cc1ccc(Cl)c(Cl)c1)Cc1cc(F)ccc1F. The highest BCUT2D eigenvalue weighted by molar-refractivity contribution is 6.42. The van der Waals surface area contributed by atoms with Crippen LogP contribution in [0.25, 0.3) is 10.9 Å². The summed E-state index contributed by atoms with van der Waals surface area (Å²) in [7, 11) is 0. The fourth-order valence-corrected chi connectivity index (χ4v) is 4.96. The van der Waals surface area contributed by atoms with Crippen LogP contribution in [0.1, 0.15) is 30.5 Å². The zero-order valence-corrected chi connectivity index (χ0v) is 23.0. The number of para-hydroxylation sites is 1. The quantitative estimate of drug-likeness (QED) is 0.207. The average molecular weight is 559 g/mol. The van der Waals surface area contributed by atoms with Crippen LogP contribution in [0.3, 0.4) is 0 Å². The Labute approximate surface area is 232 Å². The van der Waals surface area contributed by atoms with E-state index in [2.05, 4.69) is 11.1 Å². The van der Waals surface area contributed by atoms with Crippen LogP contribution in [-0.2, 0) is 24.3 Å². The molecular weight excluding hydrogens is 527 g/mol. The molecule has 4 nitrogen and oxygen atoms in total. The molecule has 0 spiro atoms. The van der Waals surface area contributed by atoms with Gasteiger partial charge in [0, 0.05) is 48.8 Å². The first-order valence-electron chi connectivity index (χ1n) is 12.6. The van der Waals surface area contributed by atoms with Crippen molar-refractivity contribution in [3.8, 4) is 0 Å². The Morgan fingerprint density at radius 2 is 1.74 bits per heavy atom. The number of carbonyl (C=O) groups excluding carboxylic acids is 1. The van der Waals surface area contributed by atoms with Crippen LogP contribution < -0.4 is 0 Å². The summed E-state index contributed by atoms with van der Waals surface area (Å²) in [6.07, 6.45) is 2.63. The second kappa shape index (κ2) is 12.7. The number of rotatable bonds is 11. The smallest absolute Gasteiger partial charge is 0.237 e. The van der Waals surface area contributed by atoms with E-state index in [0.29, 0.717) is 36.1 Å². The van der Waals surface area contributed by atoms with Crippen LogP contribution in [-0.4, -0.2) is 40.3 Å². The third-order valence-corrected chi connectivity index (χ3v) is 7.16. The third kappa shape index (κ3) is 7.34. The molecule has 0 atom stereocenters. The summed E-state index contributed by atoms with van der Waals surface area (Å²) in [4.78, 5) is 20.7. The average Bonchev–Trinajstić information content (AvgIpc) is 3.28. The zero-order chi connectivity index (χ0) is 27.2. The lowest BCUT2D eigenvalue weighted by Crippen LogP contribution is -2.42. The first-order valence-corrected chi connectivity index (χ1v) is 13.4. The van der Waals surface area contributed by atoms with Gasteiger partial charge < -0.3 is 9.88 Å². The van der Waals surface area contributed by atoms with Gasteiger partial charge >= 0.3 is 0 Å². The number of hydrogen-bond acceptors (Lipinski definition) is 2. The summed E-state index contributed by atoms with van der Waals surface area (Å²) in [5, 5.41) is 2.00. The van der Waals surface area contributed by atoms with Crippen LogP contribution in [0, 0.1) is 17.6 Å². The molecule has 1 amide bonds. The Morgan fingerprint density at radius 3 is 2.50 bits per heavy atom. The van der Waals surface area contributed by atoms with Gasteiger partial charge in [-0.3, -0.25) is 9.69 Å². The van der Waals surface area contributed by atoms with E-state index in [0.717, 1.165) is 34.2 Å². The van der Waals surface area contributed by atoms with Crippen molar-refractivity contribution in [1.82, 2.24) is 14.8 Å². The Hall–Kier alpha value is -2.93. The predicted octanol–water partition coefficient (Wildman–Crippen LogP) is 7.48. The van der Waals surface area contributed by atoms with Crippen molar-refractivity contribution >= 4 is 40.0 Å². The van der Waals surface area contributed by atoms with Gasteiger partial charge in [-0.1, -0.05) is 61.3 Å². The summed E-state index contributed by atoms with van der Waals surface area (Å²) in [6, 6.07) is 16.8. The van der Waals surface area contributed by atoms with Gasteiger partial charge in [-0.2, -0.15) is 0 Å². The number of nitrogens with zero attached hydrogens (tertiary/aromatic N) is 2. The summed E-state index contributed by atoms with van der Waals surface area (Å²) < 4.78 is 28.2. The summed E-state index contributed by atoms with van der Waals surface area (Å²) in [5.74, 6) is -0.862. The van der Waals surface area contributed by atoms with Gasteiger partial charge in [0.25, 0.3) is 0 Å². The molecule has 3 aromatic carbocycles. The van der Waals surface area contributed by atoms with E-state index >= 15 is 0 Å². The molecule has 8 heteroatoms. The summed E-state index contributed by atoms with van der Waals surface area (Å²) in [6.45, 7) is 5.66. The maximum Gasteiger partial charge on any atom is 0.237 e. The van der Waals surface area contributed by atoms with Crippen LogP contribution in [0.2, 0.25) is 10.0 Å².